The van der Waals surface area contributed by atoms with Crippen LogP contribution in [0.2, 0.25) is 0 Å². The number of carbonyl (C=O) groups is 1. The van der Waals surface area contributed by atoms with E-state index in [1.54, 1.807) is 0 Å². The van der Waals surface area contributed by atoms with Crippen molar-refractivity contribution in [1.29, 1.82) is 0 Å². The summed E-state index contributed by atoms with van der Waals surface area (Å²) in [6, 6.07) is 8.37. The second kappa shape index (κ2) is 8.03. The summed E-state index contributed by atoms with van der Waals surface area (Å²) in [7, 11) is 2.04. The molecule has 5 nitrogen and oxygen atoms in total. The Morgan fingerprint density at radius 3 is 2.55 bits per heavy atom. The third-order valence-electron chi connectivity index (χ3n) is 3.46. The Morgan fingerprint density at radius 1 is 1.36 bits per heavy atom. The zero-order valence-electron chi connectivity index (χ0n) is 14.3. The summed E-state index contributed by atoms with van der Waals surface area (Å²) in [6.45, 7) is 8.69. The third-order valence-corrected chi connectivity index (χ3v) is 3.46. The van der Waals surface area contributed by atoms with Crippen molar-refractivity contribution >= 4 is 11.8 Å². The van der Waals surface area contributed by atoms with Gasteiger partial charge in [-0.1, -0.05) is 18.2 Å². The number of benzene rings is 1. The molecule has 1 amide bonds. The molecule has 0 fully saturated rings. The number of alkyl carbamates (subject to hydrolysis) is 1. The maximum absolute atomic E-state index is 11.6. The van der Waals surface area contributed by atoms with Gasteiger partial charge in [-0.05, 0) is 45.7 Å². The first-order chi connectivity index (χ1) is 10.2. The first-order valence-corrected chi connectivity index (χ1v) is 7.70. The molecule has 1 aromatic rings. The Labute approximate surface area is 133 Å². The number of likely N-dealkylation sites (N-methyl/N-ethyl adjacent to an activating group) is 1. The van der Waals surface area contributed by atoms with E-state index >= 15 is 0 Å². The van der Waals surface area contributed by atoms with Crippen LogP contribution in [-0.4, -0.2) is 37.9 Å². The van der Waals surface area contributed by atoms with Crippen molar-refractivity contribution in [2.45, 2.75) is 45.8 Å². The van der Waals surface area contributed by atoms with Gasteiger partial charge in [-0.2, -0.15) is 0 Å². The van der Waals surface area contributed by atoms with E-state index < -0.39 is 5.60 Å². The summed E-state index contributed by atoms with van der Waals surface area (Å²) in [5.41, 5.74) is 7.79. The lowest BCUT2D eigenvalue weighted by Crippen LogP contribution is -2.41. The number of aryl methyl sites for hydroxylation is 1. The molecule has 3 N–H and O–H groups in total. The quantitative estimate of drug-likeness (QED) is 0.848. The van der Waals surface area contributed by atoms with Gasteiger partial charge in [-0.25, -0.2) is 4.79 Å². The van der Waals surface area contributed by atoms with E-state index in [4.69, 9.17) is 10.5 Å². The number of carbonyl (C=O) groups excluding carboxylic acids is 1. The molecule has 0 saturated heterocycles. The van der Waals surface area contributed by atoms with Crippen LogP contribution in [0.4, 0.5) is 10.5 Å². The van der Waals surface area contributed by atoms with Crippen molar-refractivity contribution in [3.63, 3.8) is 0 Å². The number of hydrogen-bond donors (Lipinski definition) is 2. The maximum Gasteiger partial charge on any atom is 0.407 e. The van der Waals surface area contributed by atoms with Gasteiger partial charge in [0.15, 0.2) is 0 Å². The van der Waals surface area contributed by atoms with Crippen molar-refractivity contribution in [1.82, 2.24) is 5.32 Å². The minimum absolute atomic E-state index is 0.163. The van der Waals surface area contributed by atoms with Crippen LogP contribution in [0.3, 0.4) is 0 Å². The second-order valence-corrected chi connectivity index (χ2v) is 6.50. The second-order valence-electron chi connectivity index (χ2n) is 6.50. The monoisotopic (exact) mass is 307 g/mol. The van der Waals surface area contributed by atoms with Crippen LogP contribution in [0.5, 0.6) is 0 Å². The SMILES string of the molecule is Cc1ccccc1N(C)C(CN)CCNC(=O)OC(C)(C)C. The van der Waals surface area contributed by atoms with Gasteiger partial charge in [0.05, 0.1) is 0 Å². The minimum atomic E-state index is -0.477. The van der Waals surface area contributed by atoms with Crippen LogP contribution < -0.4 is 16.0 Å². The Balaban J connectivity index is 2.52. The van der Waals surface area contributed by atoms with E-state index in [-0.39, 0.29) is 12.1 Å². The van der Waals surface area contributed by atoms with Crippen LogP contribution >= 0.6 is 0 Å². The molecule has 1 unspecified atom stereocenters. The number of nitrogens with one attached hydrogen (secondary N) is 1. The van der Waals surface area contributed by atoms with Crippen molar-refractivity contribution in [3.8, 4) is 0 Å². The molecule has 0 spiro atoms. The van der Waals surface area contributed by atoms with Gasteiger partial charge in [-0.15, -0.1) is 0 Å². The van der Waals surface area contributed by atoms with Gasteiger partial charge in [0.25, 0.3) is 0 Å². The molecular formula is C17H29N3O2. The van der Waals surface area contributed by atoms with Crippen LogP contribution in [0.1, 0.15) is 32.8 Å². The van der Waals surface area contributed by atoms with Crippen molar-refractivity contribution in [2.75, 3.05) is 25.0 Å². The lowest BCUT2D eigenvalue weighted by molar-refractivity contribution is 0.0526. The largest absolute Gasteiger partial charge is 0.444 e. The summed E-state index contributed by atoms with van der Waals surface area (Å²) in [5, 5.41) is 2.78. The summed E-state index contributed by atoms with van der Waals surface area (Å²) in [6.07, 6.45) is 0.377. The van der Waals surface area contributed by atoms with E-state index in [1.807, 2.05) is 40.0 Å². The number of ether oxygens (including phenoxy) is 1. The van der Waals surface area contributed by atoms with Gasteiger partial charge >= 0.3 is 6.09 Å². The summed E-state index contributed by atoms with van der Waals surface area (Å²) < 4.78 is 5.22. The zero-order valence-corrected chi connectivity index (χ0v) is 14.3. The molecule has 0 aromatic heterocycles. The molecule has 0 heterocycles. The lowest BCUT2D eigenvalue weighted by atomic mass is 10.1. The topological polar surface area (TPSA) is 67.6 Å². The molecule has 0 aliphatic heterocycles. The molecule has 124 valence electrons. The molecule has 22 heavy (non-hydrogen) atoms. The molecule has 1 rings (SSSR count). The third kappa shape index (κ3) is 5.93. The highest BCUT2D eigenvalue weighted by Crippen LogP contribution is 2.20. The number of nitrogens with two attached hydrogens (primary N) is 1. The highest BCUT2D eigenvalue weighted by atomic mass is 16.6. The number of anilines is 1. The van der Waals surface area contributed by atoms with Crippen LogP contribution in [0, 0.1) is 6.92 Å². The van der Waals surface area contributed by atoms with Crippen LogP contribution in [0.15, 0.2) is 24.3 Å². The van der Waals surface area contributed by atoms with E-state index in [2.05, 4.69) is 29.3 Å². The minimum Gasteiger partial charge on any atom is -0.444 e. The fourth-order valence-electron chi connectivity index (χ4n) is 2.28. The molecule has 1 aromatic carbocycles. The molecule has 0 saturated carbocycles. The number of nitrogens with zero attached hydrogens (tertiary/aromatic N) is 1. The first-order valence-electron chi connectivity index (χ1n) is 7.70. The molecule has 5 heteroatoms. The Bertz CT molecular complexity index is 483. The standard InChI is InChI=1S/C17H29N3O2/c1-13-8-6-7-9-15(13)20(5)14(12-18)10-11-19-16(21)22-17(2,3)4/h6-9,14H,10-12,18H2,1-5H3,(H,19,21). The molecular weight excluding hydrogens is 278 g/mol. The normalized spacial score (nSPS) is 12.6. The average molecular weight is 307 g/mol. The van der Waals surface area contributed by atoms with Crippen molar-refractivity contribution in [2.24, 2.45) is 5.73 Å². The highest BCUT2D eigenvalue weighted by molar-refractivity contribution is 5.67. The highest BCUT2D eigenvalue weighted by Gasteiger charge is 2.18. The number of rotatable bonds is 6. The van der Waals surface area contributed by atoms with E-state index in [0.29, 0.717) is 13.1 Å². The molecule has 0 bridgehead atoms. The molecule has 1 atom stereocenters. The van der Waals surface area contributed by atoms with E-state index in [1.165, 1.54) is 5.56 Å². The maximum atomic E-state index is 11.6. The fraction of sp³-hybridized carbons (Fsp3) is 0.588. The van der Waals surface area contributed by atoms with Crippen molar-refractivity contribution < 1.29 is 9.53 Å². The number of para-hydroxylation sites is 1. The van der Waals surface area contributed by atoms with Gasteiger partial charge in [0.2, 0.25) is 0 Å². The lowest BCUT2D eigenvalue weighted by Gasteiger charge is -2.30. The fourth-order valence-corrected chi connectivity index (χ4v) is 2.28. The predicted molar refractivity (Wildman–Crippen MR) is 91.3 cm³/mol. The van der Waals surface area contributed by atoms with Gasteiger partial charge in [-0.3, -0.25) is 0 Å². The number of amides is 1. The smallest absolute Gasteiger partial charge is 0.407 e. The van der Waals surface area contributed by atoms with E-state index in [0.717, 1.165) is 12.1 Å². The Morgan fingerprint density at radius 2 is 2.00 bits per heavy atom. The number of hydrogen-bond acceptors (Lipinski definition) is 4. The average Bonchev–Trinajstić information content (AvgIpc) is 2.41. The Hall–Kier alpha value is -1.75. The first kappa shape index (κ1) is 18.3. The Kier molecular flexibility index (Phi) is 6.68. The van der Waals surface area contributed by atoms with Crippen LogP contribution in [0.25, 0.3) is 0 Å². The molecule has 0 aliphatic rings. The van der Waals surface area contributed by atoms with Gasteiger partial charge in [0.1, 0.15) is 5.60 Å². The van der Waals surface area contributed by atoms with Crippen molar-refractivity contribution in [3.05, 3.63) is 29.8 Å². The van der Waals surface area contributed by atoms with Gasteiger partial charge in [0, 0.05) is 31.9 Å². The predicted octanol–water partition coefficient (Wildman–Crippen LogP) is 2.67. The molecule has 0 aliphatic carbocycles. The molecule has 0 radical (unpaired) electrons. The summed E-state index contributed by atoms with van der Waals surface area (Å²) >= 11 is 0. The van der Waals surface area contributed by atoms with Crippen LogP contribution in [-0.2, 0) is 4.74 Å². The summed E-state index contributed by atoms with van der Waals surface area (Å²) in [5.74, 6) is 0. The zero-order chi connectivity index (χ0) is 16.8. The van der Waals surface area contributed by atoms with Gasteiger partial charge < -0.3 is 20.7 Å². The summed E-state index contributed by atoms with van der Waals surface area (Å²) in [4.78, 5) is 13.8. The van der Waals surface area contributed by atoms with E-state index in [9.17, 15) is 4.79 Å².